The van der Waals surface area contributed by atoms with E-state index < -0.39 is 0 Å². The monoisotopic (exact) mass is 234 g/mol. The minimum Gasteiger partial charge on any atom is -0.393 e. The molecular weight excluding hydrogens is 212 g/mol. The Morgan fingerprint density at radius 2 is 1.50 bits per heavy atom. The average molecular weight is 234 g/mol. The first-order chi connectivity index (χ1) is 7.83. The summed E-state index contributed by atoms with van der Waals surface area (Å²) in [5.41, 5.74) is 0. The predicted molar refractivity (Wildman–Crippen MR) is 58.5 cm³/mol. The van der Waals surface area contributed by atoms with Crippen molar-refractivity contribution in [1.29, 1.82) is 0 Å². The van der Waals surface area contributed by atoms with Crippen LogP contribution in [-0.2, 0) is 18.9 Å². The smallest absolute Gasteiger partial charge is 0.0704 e. The van der Waals surface area contributed by atoms with Gasteiger partial charge in [-0.3, -0.25) is 0 Å². The summed E-state index contributed by atoms with van der Waals surface area (Å²) in [6.45, 7) is 3.57. The summed E-state index contributed by atoms with van der Waals surface area (Å²) in [7, 11) is 1.65. The third kappa shape index (κ3) is 6.40. The van der Waals surface area contributed by atoms with Gasteiger partial charge in [0.25, 0.3) is 0 Å². The number of ether oxygens (including phenoxy) is 4. The van der Waals surface area contributed by atoms with Gasteiger partial charge in [0.15, 0.2) is 0 Å². The van der Waals surface area contributed by atoms with E-state index in [-0.39, 0.29) is 12.2 Å². The van der Waals surface area contributed by atoms with Crippen LogP contribution in [0.5, 0.6) is 0 Å². The van der Waals surface area contributed by atoms with Gasteiger partial charge in [0, 0.05) is 7.11 Å². The summed E-state index contributed by atoms with van der Waals surface area (Å²) in [6, 6.07) is 0. The summed E-state index contributed by atoms with van der Waals surface area (Å²) in [4.78, 5) is 0. The topological polar surface area (TPSA) is 57.2 Å². The van der Waals surface area contributed by atoms with Crippen molar-refractivity contribution < 1.29 is 24.1 Å². The quantitative estimate of drug-likeness (QED) is 0.547. The Balaban J connectivity index is 1.68. The molecule has 1 N–H and O–H groups in total. The molecule has 0 radical (unpaired) electrons. The lowest BCUT2D eigenvalue weighted by atomic mass is 9.92. The zero-order chi connectivity index (χ0) is 11.6. The molecule has 0 unspecified atom stereocenters. The van der Waals surface area contributed by atoms with Gasteiger partial charge in [0.05, 0.1) is 51.8 Å². The maximum Gasteiger partial charge on any atom is 0.0704 e. The Bertz CT molecular complexity index is 158. The molecule has 0 amide bonds. The Hall–Kier alpha value is -0.200. The van der Waals surface area contributed by atoms with Gasteiger partial charge in [0.1, 0.15) is 0 Å². The minimum absolute atomic E-state index is 0.153. The van der Waals surface area contributed by atoms with Crippen molar-refractivity contribution in [2.45, 2.75) is 25.0 Å². The highest BCUT2D eigenvalue weighted by Crippen LogP contribution is 2.22. The number of methoxy groups -OCH3 is 1. The van der Waals surface area contributed by atoms with E-state index in [2.05, 4.69) is 0 Å². The maximum absolute atomic E-state index is 9.02. The number of hydrogen-bond acceptors (Lipinski definition) is 5. The van der Waals surface area contributed by atoms with Gasteiger partial charge >= 0.3 is 0 Å². The molecule has 0 spiro atoms. The number of hydrogen-bond donors (Lipinski definition) is 1. The van der Waals surface area contributed by atoms with Crippen molar-refractivity contribution >= 4 is 0 Å². The van der Waals surface area contributed by atoms with E-state index in [1.54, 1.807) is 7.11 Å². The van der Waals surface area contributed by atoms with Crippen LogP contribution in [0, 0.1) is 0 Å². The standard InChI is InChI=1S/C11H22O5/c1-13-2-3-14-4-5-15-6-7-16-11-8-10(12)9-11/h10-12H,2-9H2,1H3. The molecule has 96 valence electrons. The first-order valence-electron chi connectivity index (χ1n) is 5.77. The van der Waals surface area contributed by atoms with E-state index in [0.29, 0.717) is 39.6 Å². The van der Waals surface area contributed by atoms with Crippen molar-refractivity contribution in [2.24, 2.45) is 0 Å². The molecule has 5 heteroatoms. The van der Waals surface area contributed by atoms with E-state index in [1.807, 2.05) is 0 Å². The van der Waals surface area contributed by atoms with E-state index in [0.717, 1.165) is 12.8 Å². The molecule has 1 aliphatic rings. The zero-order valence-electron chi connectivity index (χ0n) is 9.89. The van der Waals surface area contributed by atoms with Crippen molar-refractivity contribution in [2.75, 3.05) is 46.8 Å². The lowest BCUT2D eigenvalue weighted by Crippen LogP contribution is -2.36. The second-order valence-electron chi connectivity index (χ2n) is 3.84. The fraction of sp³-hybridized carbons (Fsp3) is 1.00. The Morgan fingerprint density at radius 3 is 2.06 bits per heavy atom. The van der Waals surface area contributed by atoms with Crippen LogP contribution in [0.1, 0.15) is 12.8 Å². The fourth-order valence-electron chi connectivity index (χ4n) is 1.41. The molecule has 0 aromatic carbocycles. The molecule has 0 aliphatic heterocycles. The van der Waals surface area contributed by atoms with Gasteiger partial charge in [-0.25, -0.2) is 0 Å². The van der Waals surface area contributed by atoms with Crippen molar-refractivity contribution in [3.8, 4) is 0 Å². The molecule has 5 nitrogen and oxygen atoms in total. The summed E-state index contributed by atoms with van der Waals surface area (Å²) in [5.74, 6) is 0. The van der Waals surface area contributed by atoms with Gasteiger partial charge in [-0.05, 0) is 12.8 Å². The molecule has 0 saturated heterocycles. The molecule has 16 heavy (non-hydrogen) atoms. The van der Waals surface area contributed by atoms with Crippen LogP contribution in [0.2, 0.25) is 0 Å². The van der Waals surface area contributed by atoms with Crippen LogP contribution in [0.3, 0.4) is 0 Å². The molecule has 0 bridgehead atoms. The number of rotatable bonds is 10. The largest absolute Gasteiger partial charge is 0.393 e. The Morgan fingerprint density at radius 1 is 0.938 bits per heavy atom. The molecule has 1 fully saturated rings. The molecule has 0 aromatic rings. The Labute approximate surface area is 96.6 Å². The van der Waals surface area contributed by atoms with Crippen LogP contribution >= 0.6 is 0 Å². The van der Waals surface area contributed by atoms with Crippen LogP contribution in [0.25, 0.3) is 0 Å². The van der Waals surface area contributed by atoms with Crippen LogP contribution in [-0.4, -0.2) is 64.1 Å². The minimum atomic E-state index is -0.153. The summed E-state index contributed by atoms with van der Waals surface area (Å²) < 4.78 is 20.8. The van der Waals surface area contributed by atoms with Crippen molar-refractivity contribution in [1.82, 2.24) is 0 Å². The lowest BCUT2D eigenvalue weighted by Gasteiger charge is -2.31. The SMILES string of the molecule is COCCOCCOCCOC1CC(O)C1. The van der Waals surface area contributed by atoms with Gasteiger partial charge in [-0.15, -0.1) is 0 Å². The van der Waals surface area contributed by atoms with Crippen LogP contribution in [0.15, 0.2) is 0 Å². The molecule has 1 saturated carbocycles. The van der Waals surface area contributed by atoms with Gasteiger partial charge in [0.2, 0.25) is 0 Å². The van der Waals surface area contributed by atoms with Crippen LogP contribution < -0.4 is 0 Å². The highest BCUT2D eigenvalue weighted by atomic mass is 16.6. The van der Waals surface area contributed by atoms with E-state index in [9.17, 15) is 0 Å². The molecule has 0 atom stereocenters. The summed E-state index contributed by atoms with van der Waals surface area (Å²) in [5, 5.41) is 9.02. The lowest BCUT2D eigenvalue weighted by molar-refractivity contribution is -0.0862. The number of aliphatic hydroxyl groups is 1. The first kappa shape index (κ1) is 13.9. The maximum atomic E-state index is 9.02. The van der Waals surface area contributed by atoms with Gasteiger partial charge < -0.3 is 24.1 Å². The highest BCUT2D eigenvalue weighted by molar-refractivity contribution is 4.78. The highest BCUT2D eigenvalue weighted by Gasteiger charge is 2.27. The van der Waals surface area contributed by atoms with E-state index >= 15 is 0 Å². The second kappa shape index (κ2) is 8.90. The third-order valence-corrected chi connectivity index (χ3v) is 2.45. The molecule has 0 aromatic heterocycles. The second-order valence-corrected chi connectivity index (χ2v) is 3.84. The number of aliphatic hydroxyl groups excluding tert-OH is 1. The third-order valence-electron chi connectivity index (χ3n) is 2.45. The van der Waals surface area contributed by atoms with E-state index in [1.165, 1.54) is 0 Å². The van der Waals surface area contributed by atoms with Gasteiger partial charge in [-0.2, -0.15) is 0 Å². The molecule has 1 rings (SSSR count). The van der Waals surface area contributed by atoms with Crippen molar-refractivity contribution in [3.05, 3.63) is 0 Å². The molecule has 0 heterocycles. The predicted octanol–water partition coefficient (Wildman–Crippen LogP) is 0.206. The van der Waals surface area contributed by atoms with E-state index in [4.69, 9.17) is 24.1 Å². The summed E-state index contributed by atoms with van der Waals surface area (Å²) >= 11 is 0. The fourth-order valence-corrected chi connectivity index (χ4v) is 1.41. The van der Waals surface area contributed by atoms with Crippen molar-refractivity contribution in [3.63, 3.8) is 0 Å². The normalized spacial score (nSPS) is 24.4. The zero-order valence-corrected chi connectivity index (χ0v) is 9.89. The summed E-state index contributed by atoms with van der Waals surface area (Å²) in [6.07, 6.45) is 1.61. The Kier molecular flexibility index (Phi) is 7.71. The first-order valence-corrected chi connectivity index (χ1v) is 5.77. The van der Waals surface area contributed by atoms with Gasteiger partial charge in [-0.1, -0.05) is 0 Å². The van der Waals surface area contributed by atoms with Crippen LogP contribution in [0.4, 0.5) is 0 Å². The average Bonchev–Trinajstić information content (AvgIpc) is 2.24. The molecule has 1 aliphatic carbocycles. The molecular formula is C11H22O5.